The molecular formula is C13H19NO3. The number of carbonyl (C=O) groups is 1. The van der Waals surface area contributed by atoms with Crippen LogP contribution in [-0.4, -0.2) is 29.3 Å². The first kappa shape index (κ1) is 13.7. The third-order valence-electron chi connectivity index (χ3n) is 3.02. The van der Waals surface area contributed by atoms with Gasteiger partial charge in [-0.1, -0.05) is 38.1 Å². The molecule has 0 aromatic heterocycles. The number of aliphatic carboxylic acids is 1. The van der Waals surface area contributed by atoms with E-state index in [4.69, 9.17) is 10.8 Å². The van der Waals surface area contributed by atoms with Gasteiger partial charge in [0.05, 0.1) is 12.5 Å². The minimum atomic E-state index is -0.915. The van der Waals surface area contributed by atoms with Crippen molar-refractivity contribution in [3.8, 4) is 0 Å². The number of benzene rings is 1. The summed E-state index contributed by atoms with van der Waals surface area (Å²) in [7, 11) is 0. The largest absolute Gasteiger partial charge is 0.481 e. The van der Waals surface area contributed by atoms with Crippen molar-refractivity contribution in [3.63, 3.8) is 0 Å². The molecule has 0 aliphatic rings. The fourth-order valence-electron chi connectivity index (χ4n) is 1.64. The van der Waals surface area contributed by atoms with E-state index in [1.54, 1.807) is 12.1 Å². The van der Waals surface area contributed by atoms with Crippen LogP contribution >= 0.6 is 0 Å². The summed E-state index contributed by atoms with van der Waals surface area (Å²) in [5.41, 5.74) is 6.78. The maximum Gasteiger partial charge on any atom is 0.312 e. The van der Waals surface area contributed by atoms with Gasteiger partial charge in [0.15, 0.2) is 0 Å². The van der Waals surface area contributed by atoms with Crippen molar-refractivity contribution in [1.29, 1.82) is 0 Å². The molecule has 0 aliphatic heterocycles. The van der Waals surface area contributed by atoms with Crippen LogP contribution in [0.25, 0.3) is 0 Å². The maximum atomic E-state index is 10.9. The second kappa shape index (κ2) is 5.29. The maximum absolute atomic E-state index is 10.9. The first-order chi connectivity index (χ1) is 7.92. The predicted molar refractivity (Wildman–Crippen MR) is 66.0 cm³/mol. The van der Waals surface area contributed by atoms with E-state index in [0.29, 0.717) is 5.56 Å². The minimum absolute atomic E-state index is 0.0472. The number of carboxylic acid groups (broad SMARTS) is 1. The number of hydrogen-bond donors (Lipinski definition) is 3. The smallest absolute Gasteiger partial charge is 0.312 e. The van der Waals surface area contributed by atoms with Gasteiger partial charge in [-0.05, 0) is 11.1 Å². The molecule has 1 aromatic rings. The number of aliphatic hydroxyl groups is 1. The van der Waals surface area contributed by atoms with Crippen molar-refractivity contribution in [2.24, 2.45) is 5.73 Å². The quantitative estimate of drug-likeness (QED) is 0.715. The van der Waals surface area contributed by atoms with Crippen molar-refractivity contribution >= 4 is 5.97 Å². The van der Waals surface area contributed by atoms with Crippen LogP contribution in [0.5, 0.6) is 0 Å². The summed E-state index contributed by atoms with van der Waals surface area (Å²) < 4.78 is 0. The van der Waals surface area contributed by atoms with E-state index in [0.717, 1.165) is 5.56 Å². The molecule has 1 rings (SSSR count). The molecular weight excluding hydrogens is 218 g/mol. The number of rotatable bonds is 5. The fourth-order valence-corrected chi connectivity index (χ4v) is 1.64. The van der Waals surface area contributed by atoms with Gasteiger partial charge in [-0.25, -0.2) is 0 Å². The Labute approximate surface area is 101 Å². The van der Waals surface area contributed by atoms with Gasteiger partial charge in [-0.3, -0.25) is 4.79 Å². The molecule has 1 aromatic carbocycles. The predicted octanol–water partition coefficient (Wildman–Crippen LogP) is 1.08. The van der Waals surface area contributed by atoms with Gasteiger partial charge < -0.3 is 15.9 Å². The summed E-state index contributed by atoms with van der Waals surface area (Å²) in [4.78, 5) is 10.9. The van der Waals surface area contributed by atoms with Gasteiger partial charge in [-0.15, -0.1) is 0 Å². The van der Waals surface area contributed by atoms with Crippen molar-refractivity contribution in [3.05, 3.63) is 35.4 Å². The molecule has 0 bridgehead atoms. The fraction of sp³-hybridized carbons (Fsp3) is 0.462. The minimum Gasteiger partial charge on any atom is -0.481 e. The summed E-state index contributed by atoms with van der Waals surface area (Å²) in [6.07, 6.45) is 0. The highest BCUT2D eigenvalue weighted by Crippen LogP contribution is 2.24. The van der Waals surface area contributed by atoms with Crippen LogP contribution in [0.3, 0.4) is 0 Å². The first-order valence-electron chi connectivity index (χ1n) is 5.56. The zero-order chi connectivity index (χ0) is 13.1. The number of aliphatic hydroxyl groups excluding tert-OH is 1. The lowest BCUT2D eigenvalue weighted by molar-refractivity contribution is -0.138. The van der Waals surface area contributed by atoms with Crippen LogP contribution < -0.4 is 5.73 Å². The average Bonchev–Trinajstić information content (AvgIpc) is 2.30. The van der Waals surface area contributed by atoms with Crippen molar-refractivity contribution in [2.45, 2.75) is 25.2 Å². The van der Waals surface area contributed by atoms with Gasteiger partial charge in [0.25, 0.3) is 0 Å². The average molecular weight is 237 g/mol. The summed E-state index contributed by atoms with van der Waals surface area (Å²) in [6.45, 7) is 3.99. The van der Waals surface area contributed by atoms with Crippen molar-refractivity contribution in [2.75, 3.05) is 13.2 Å². The zero-order valence-corrected chi connectivity index (χ0v) is 10.2. The Morgan fingerprint density at radius 2 is 1.88 bits per heavy atom. The van der Waals surface area contributed by atoms with Crippen LogP contribution in [0, 0.1) is 0 Å². The summed E-state index contributed by atoms with van der Waals surface area (Å²) >= 11 is 0. The Balaban J connectivity index is 2.99. The number of hydrogen-bond acceptors (Lipinski definition) is 3. The molecule has 0 radical (unpaired) electrons. The van der Waals surface area contributed by atoms with E-state index < -0.39 is 11.9 Å². The highest BCUT2D eigenvalue weighted by Gasteiger charge is 2.21. The molecule has 4 N–H and O–H groups in total. The molecule has 17 heavy (non-hydrogen) atoms. The molecule has 0 saturated carbocycles. The molecule has 0 aliphatic carbocycles. The van der Waals surface area contributed by atoms with Gasteiger partial charge in [-0.2, -0.15) is 0 Å². The van der Waals surface area contributed by atoms with Gasteiger partial charge in [0.2, 0.25) is 0 Å². The lowest BCUT2D eigenvalue weighted by atomic mass is 9.84. The van der Waals surface area contributed by atoms with Gasteiger partial charge >= 0.3 is 5.97 Å². The molecule has 4 heteroatoms. The lowest BCUT2D eigenvalue weighted by Gasteiger charge is -2.22. The third kappa shape index (κ3) is 3.05. The third-order valence-corrected chi connectivity index (χ3v) is 3.02. The highest BCUT2D eigenvalue weighted by molar-refractivity contribution is 5.76. The molecule has 0 spiro atoms. The standard InChI is InChI=1S/C13H19NO3/c1-13(2,8-15)10-5-3-9(4-6-10)11(7-14)12(16)17/h3-6,11,15H,7-8,14H2,1-2H3,(H,16,17). The van der Waals surface area contributed by atoms with E-state index in [1.165, 1.54) is 0 Å². The topological polar surface area (TPSA) is 83.5 Å². The van der Waals surface area contributed by atoms with Gasteiger partial charge in [0.1, 0.15) is 0 Å². The summed E-state index contributed by atoms with van der Waals surface area (Å²) in [6, 6.07) is 7.21. The number of carboxylic acids is 1. The normalized spacial score (nSPS) is 13.4. The zero-order valence-electron chi connectivity index (χ0n) is 10.2. The van der Waals surface area contributed by atoms with E-state index in [2.05, 4.69) is 0 Å². The molecule has 0 fully saturated rings. The molecule has 94 valence electrons. The van der Waals surface area contributed by atoms with Crippen molar-refractivity contribution in [1.82, 2.24) is 0 Å². The Morgan fingerprint density at radius 1 is 1.35 bits per heavy atom. The number of nitrogens with two attached hydrogens (primary N) is 1. The molecule has 0 heterocycles. The Morgan fingerprint density at radius 3 is 2.24 bits per heavy atom. The Kier molecular flexibility index (Phi) is 4.26. The van der Waals surface area contributed by atoms with Gasteiger partial charge in [0, 0.05) is 12.0 Å². The van der Waals surface area contributed by atoms with E-state index in [-0.39, 0.29) is 18.6 Å². The Bertz CT molecular complexity index is 384. The molecule has 0 amide bonds. The Hall–Kier alpha value is -1.39. The van der Waals surface area contributed by atoms with Crippen LogP contribution in [0.1, 0.15) is 30.9 Å². The van der Waals surface area contributed by atoms with E-state index >= 15 is 0 Å². The first-order valence-corrected chi connectivity index (χ1v) is 5.56. The van der Waals surface area contributed by atoms with Crippen LogP contribution in [-0.2, 0) is 10.2 Å². The van der Waals surface area contributed by atoms with Crippen LogP contribution in [0.4, 0.5) is 0 Å². The van der Waals surface area contributed by atoms with Crippen molar-refractivity contribution < 1.29 is 15.0 Å². The molecule has 1 atom stereocenters. The second-order valence-electron chi connectivity index (χ2n) is 4.79. The lowest BCUT2D eigenvalue weighted by Crippen LogP contribution is -2.23. The van der Waals surface area contributed by atoms with E-state index in [1.807, 2.05) is 26.0 Å². The molecule has 4 nitrogen and oxygen atoms in total. The van der Waals surface area contributed by atoms with E-state index in [9.17, 15) is 9.90 Å². The molecule has 0 saturated heterocycles. The molecule has 1 unspecified atom stereocenters. The monoisotopic (exact) mass is 237 g/mol. The SMILES string of the molecule is CC(C)(CO)c1ccc(C(CN)C(=O)O)cc1. The van der Waals surface area contributed by atoms with Crippen LogP contribution in [0.2, 0.25) is 0 Å². The highest BCUT2D eigenvalue weighted by atomic mass is 16.4. The summed E-state index contributed by atoms with van der Waals surface area (Å²) in [5.74, 6) is -1.58. The second-order valence-corrected chi connectivity index (χ2v) is 4.79. The van der Waals surface area contributed by atoms with Crippen LogP contribution in [0.15, 0.2) is 24.3 Å². The summed E-state index contributed by atoms with van der Waals surface area (Å²) in [5, 5.41) is 18.2.